The third-order valence-electron chi connectivity index (χ3n) is 10.5. The number of carbonyl (C=O) groups excluding carboxylic acids is 4. The topological polar surface area (TPSA) is 110 Å². The van der Waals surface area contributed by atoms with Gasteiger partial charge in [-0.3, -0.25) is 14.4 Å². The Morgan fingerprint density at radius 2 is 1.87 bits per heavy atom. The van der Waals surface area contributed by atoms with E-state index in [9.17, 15) is 24.3 Å². The molecular formula is C43H55NO7S. The van der Waals surface area contributed by atoms with E-state index in [2.05, 4.69) is 26.5 Å². The maximum Gasteiger partial charge on any atom is 0.355 e. The maximum absolute atomic E-state index is 13.7. The van der Waals surface area contributed by atoms with Gasteiger partial charge in [0, 0.05) is 41.7 Å². The second kappa shape index (κ2) is 16.8. The van der Waals surface area contributed by atoms with Crippen LogP contribution in [0, 0.1) is 11.8 Å². The largest absolute Gasteiger partial charge is 0.507 e. The molecule has 1 N–H and O–H groups in total. The normalized spacial score (nSPS) is 21.6. The number of nitrogens with zero attached hydrogens (tertiary/aromatic N) is 1. The van der Waals surface area contributed by atoms with Gasteiger partial charge in [0.15, 0.2) is 0 Å². The molecule has 8 nitrogen and oxygen atoms in total. The Kier molecular flexibility index (Phi) is 12.7. The van der Waals surface area contributed by atoms with Crippen molar-refractivity contribution in [2.75, 3.05) is 0 Å². The average Bonchev–Trinajstić information content (AvgIpc) is 3.57. The van der Waals surface area contributed by atoms with E-state index < -0.39 is 23.5 Å². The zero-order chi connectivity index (χ0) is 37.7. The third-order valence-corrected chi connectivity index (χ3v) is 11.4. The van der Waals surface area contributed by atoms with Crippen molar-refractivity contribution in [1.82, 2.24) is 4.90 Å². The van der Waals surface area contributed by atoms with Crippen molar-refractivity contribution in [3.05, 3.63) is 80.7 Å². The fourth-order valence-corrected chi connectivity index (χ4v) is 8.66. The number of β-lactam (4-membered cyclic amide) rings is 1. The number of aromatic hydroxyl groups is 1. The number of hydrogen-bond donors (Lipinski definition) is 1. The monoisotopic (exact) mass is 729 g/mol. The molecule has 0 unspecified atom stereocenters. The Morgan fingerprint density at radius 3 is 2.54 bits per heavy atom. The number of ether oxygens (including phenoxy) is 2. The van der Waals surface area contributed by atoms with Crippen LogP contribution in [-0.2, 0) is 36.8 Å². The van der Waals surface area contributed by atoms with Gasteiger partial charge in [-0.1, -0.05) is 49.6 Å². The summed E-state index contributed by atoms with van der Waals surface area (Å²) >= 11 is 1.52. The molecule has 280 valence electrons. The predicted molar refractivity (Wildman–Crippen MR) is 204 cm³/mol. The highest BCUT2D eigenvalue weighted by Gasteiger charge is 2.53. The SMILES string of the molecule is C=C(C)[C@@H]1CCC(C)=C[C@H]1c1c(O)cc(CCCCC)cc1OC(=O)CCC1=C(C(=O)OC(C)(C)C)N2C(=O)[C@@H](CC(=O)Cc3cccs3)[C@H]2CC1. The number of fused-ring (bicyclic) bond motifs is 1. The molecule has 0 bridgehead atoms. The van der Waals surface area contributed by atoms with Gasteiger partial charge < -0.3 is 19.5 Å². The van der Waals surface area contributed by atoms with Crippen molar-refractivity contribution in [2.24, 2.45) is 11.8 Å². The molecule has 1 aromatic carbocycles. The number of hydrogen-bond acceptors (Lipinski definition) is 8. The first-order chi connectivity index (χ1) is 24.7. The number of esters is 2. The van der Waals surface area contributed by atoms with Crippen molar-refractivity contribution in [2.45, 2.75) is 136 Å². The summed E-state index contributed by atoms with van der Waals surface area (Å²) in [6, 6.07) is 7.25. The van der Waals surface area contributed by atoms with Crippen LogP contribution in [0.15, 0.2) is 64.7 Å². The molecule has 52 heavy (non-hydrogen) atoms. The van der Waals surface area contributed by atoms with Crippen LogP contribution in [0.25, 0.3) is 0 Å². The molecule has 1 fully saturated rings. The van der Waals surface area contributed by atoms with Gasteiger partial charge in [-0.15, -0.1) is 11.3 Å². The fraction of sp³-hybridized carbons (Fsp3) is 0.535. The molecule has 2 aliphatic heterocycles. The lowest BCUT2D eigenvalue weighted by atomic mass is 9.73. The smallest absolute Gasteiger partial charge is 0.355 e. The molecule has 0 saturated carbocycles. The molecule has 3 heterocycles. The Morgan fingerprint density at radius 1 is 1.10 bits per heavy atom. The zero-order valence-electron chi connectivity index (χ0n) is 31.7. The summed E-state index contributed by atoms with van der Waals surface area (Å²) in [6.07, 6.45) is 9.54. The minimum Gasteiger partial charge on any atom is -0.507 e. The number of carbonyl (C=O) groups is 4. The molecule has 1 amide bonds. The highest BCUT2D eigenvalue weighted by molar-refractivity contribution is 7.10. The second-order valence-electron chi connectivity index (χ2n) is 15.9. The van der Waals surface area contributed by atoms with Crippen LogP contribution in [0.3, 0.4) is 0 Å². The molecule has 4 atom stereocenters. The van der Waals surface area contributed by atoms with E-state index in [-0.39, 0.29) is 60.3 Å². The molecule has 1 aliphatic carbocycles. The number of allylic oxidation sites excluding steroid dienone is 4. The van der Waals surface area contributed by atoms with Crippen molar-refractivity contribution in [3.8, 4) is 11.5 Å². The van der Waals surface area contributed by atoms with Gasteiger partial charge in [0.05, 0.1) is 5.92 Å². The van der Waals surface area contributed by atoms with Gasteiger partial charge in [0.2, 0.25) is 5.91 Å². The van der Waals surface area contributed by atoms with Gasteiger partial charge in [0.1, 0.15) is 28.6 Å². The van der Waals surface area contributed by atoms with Crippen LogP contribution < -0.4 is 4.74 Å². The fourth-order valence-electron chi connectivity index (χ4n) is 7.93. The maximum atomic E-state index is 13.7. The summed E-state index contributed by atoms with van der Waals surface area (Å²) < 4.78 is 11.9. The zero-order valence-corrected chi connectivity index (χ0v) is 32.5. The summed E-state index contributed by atoms with van der Waals surface area (Å²) in [5.74, 6) is -1.43. The molecule has 0 spiro atoms. The summed E-state index contributed by atoms with van der Waals surface area (Å²) in [5, 5.41) is 13.4. The first kappa shape index (κ1) is 39.2. The Hall–Kier alpha value is -3.98. The Bertz CT molecular complexity index is 1740. The number of benzene rings is 1. The lowest BCUT2D eigenvalue weighted by Crippen LogP contribution is -2.63. The summed E-state index contributed by atoms with van der Waals surface area (Å²) in [4.78, 5) is 56.3. The number of Topliss-reactive ketones (excluding diaryl/α,β-unsaturated/α-hetero) is 1. The highest BCUT2D eigenvalue weighted by Crippen LogP contribution is 2.48. The van der Waals surface area contributed by atoms with E-state index in [1.807, 2.05) is 30.5 Å². The van der Waals surface area contributed by atoms with Crippen molar-refractivity contribution in [1.29, 1.82) is 0 Å². The lowest BCUT2D eigenvalue weighted by molar-refractivity contribution is -0.165. The van der Waals surface area contributed by atoms with Crippen LogP contribution in [0.5, 0.6) is 11.5 Å². The van der Waals surface area contributed by atoms with Crippen molar-refractivity contribution >= 4 is 35.0 Å². The third kappa shape index (κ3) is 9.32. The van der Waals surface area contributed by atoms with Crippen molar-refractivity contribution in [3.63, 3.8) is 0 Å². The van der Waals surface area contributed by atoms with E-state index in [0.29, 0.717) is 36.1 Å². The van der Waals surface area contributed by atoms with Crippen LogP contribution in [0.4, 0.5) is 0 Å². The molecular weight excluding hydrogens is 675 g/mol. The van der Waals surface area contributed by atoms with Gasteiger partial charge in [-0.25, -0.2) is 4.79 Å². The van der Waals surface area contributed by atoms with Gasteiger partial charge >= 0.3 is 11.9 Å². The first-order valence-corrected chi connectivity index (χ1v) is 19.8. The molecule has 1 saturated heterocycles. The number of phenols is 1. The van der Waals surface area contributed by atoms with E-state index in [0.717, 1.165) is 54.5 Å². The van der Waals surface area contributed by atoms with Gasteiger partial charge in [-0.05, 0) is 120 Å². The number of ketones is 1. The number of unbranched alkanes of at least 4 members (excludes halogenated alkanes) is 2. The predicted octanol–water partition coefficient (Wildman–Crippen LogP) is 9.31. The van der Waals surface area contributed by atoms with Gasteiger partial charge in [-0.2, -0.15) is 0 Å². The number of aryl methyl sites for hydroxylation is 1. The Balaban J connectivity index is 1.37. The standard InChI is InChI=1S/C43H55NO7S/c1-8-9-10-12-28-22-36(46)39(33-21-27(4)14-17-32(33)26(2)3)37(23-28)50-38(47)19-16-29-15-18-35-34(25-30(45)24-31-13-11-20-52-31)41(48)44(35)40(29)42(49)51-43(5,6)7/h11,13,20-23,32-35,46H,2,8-10,12,14-19,24-25H2,1,3-7H3/t32-,33+,34-,35+/m0/s1. The van der Waals surface area contributed by atoms with E-state index in [1.54, 1.807) is 26.8 Å². The minimum atomic E-state index is -0.792. The van der Waals surface area contributed by atoms with Crippen molar-refractivity contribution < 1.29 is 33.8 Å². The lowest BCUT2D eigenvalue weighted by Gasteiger charge is -2.50. The Labute approximate surface area is 313 Å². The average molecular weight is 730 g/mol. The molecule has 3 aliphatic rings. The first-order valence-electron chi connectivity index (χ1n) is 18.9. The summed E-state index contributed by atoms with van der Waals surface area (Å²) in [7, 11) is 0. The van der Waals surface area contributed by atoms with Crippen LogP contribution in [-0.4, -0.2) is 45.3 Å². The number of phenolic OH excluding ortho intramolecular Hbond substituents is 1. The van der Waals surface area contributed by atoms with E-state index >= 15 is 0 Å². The van der Waals surface area contributed by atoms with E-state index in [4.69, 9.17) is 9.47 Å². The number of rotatable bonds is 15. The molecule has 1 aromatic heterocycles. The summed E-state index contributed by atoms with van der Waals surface area (Å²) in [5.41, 5.74) is 3.81. The molecule has 0 radical (unpaired) electrons. The molecule has 2 aromatic rings. The second-order valence-corrected chi connectivity index (χ2v) is 16.9. The quantitative estimate of drug-likeness (QED) is 0.0640. The van der Waals surface area contributed by atoms with Crippen LogP contribution >= 0.6 is 11.3 Å². The molecule has 9 heteroatoms. The highest BCUT2D eigenvalue weighted by atomic mass is 32.1. The number of thiophene rings is 1. The molecule has 5 rings (SSSR count). The van der Waals surface area contributed by atoms with Crippen LogP contribution in [0.1, 0.15) is 128 Å². The van der Waals surface area contributed by atoms with Gasteiger partial charge in [0.25, 0.3) is 0 Å². The minimum absolute atomic E-state index is 0.00470. The summed E-state index contributed by atoms with van der Waals surface area (Å²) in [6.45, 7) is 15.8. The number of amides is 1. The van der Waals surface area contributed by atoms with Crippen LogP contribution in [0.2, 0.25) is 0 Å². The van der Waals surface area contributed by atoms with E-state index in [1.165, 1.54) is 21.8 Å².